The molecule has 1 fully saturated rings. The number of aliphatic hydroxyl groups excluding tert-OH is 2. The van der Waals surface area contributed by atoms with E-state index >= 15 is 0 Å². The SMILES string of the molecule is CC/C=C/CSCCNC(=O)CCNC(=O)[C@H](O)C(C)(C)COP(=O)(O)OP(=O)(O)OC[C@H]1O[C@@H](n2cnc3c(N)ncnc32)[C@H](O)[C@@H]1OP(=O)(O)O. The third-order valence-corrected chi connectivity index (χ3v) is 11.3. The molecule has 1 saturated heterocycles. The van der Waals surface area contributed by atoms with Crippen molar-refractivity contribution >= 4 is 64.0 Å². The number of allylic oxidation sites excluding steroid dienone is 1. The van der Waals surface area contributed by atoms with Crippen molar-refractivity contribution in [2.75, 3.05) is 43.5 Å². The van der Waals surface area contributed by atoms with E-state index in [4.69, 9.17) is 19.5 Å². The van der Waals surface area contributed by atoms with E-state index in [1.165, 1.54) is 13.8 Å². The number of anilines is 1. The predicted octanol–water partition coefficient (Wildman–Crippen LogP) is 0.104. The van der Waals surface area contributed by atoms with Gasteiger partial charge < -0.3 is 50.9 Å². The summed E-state index contributed by atoms with van der Waals surface area (Å²) in [6, 6.07) is 0. The lowest BCUT2D eigenvalue weighted by atomic mass is 9.87. The molecule has 2 aromatic heterocycles. The quantitative estimate of drug-likeness (QED) is 0.0431. The highest BCUT2D eigenvalue weighted by Crippen LogP contribution is 2.61. The fraction of sp³-hybridized carbons (Fsp3) is 0.654. The summed E-state index contributed by atoms with van der Waals surface area (Å²) >= 11 is 1.64. The van der Waals surface area contributed by atoms with Gasteiger partial charge in [-0.25, -0.2) is 28.6 Å². The molecule has 3 rings (SSSR count). The smallest absolute Gasteiger partial charge is 0.386 e. The van der Waals surface area contributed by atoms with E-state index in [9.17, 15) is 53.1 Å². The van der Waals surface area contributed by atoms with Crippen molar-refractivity contribution in [3.05, 3.63) is 24.8 Å². The second-order valence-electron chi connectivity index (χ2n) is 12.0. The standard InChI is InChI=1S/C26H44N7O16P3S/c1-4-5-6-10-53-11-9-28-17(34)7-8-29-24(37)21(36)26(2,3)13-46-52(43,44)49-51(41,42)45-12-16-20(48-50(38,39)40)19(35)25(47-16)33-15-32-18-22(27)30-14-31-23(18)33/h5-6,14-16,19-21,25,35-36H,4,7-13H2,1-3H3,(H,28,34)(H,29,37)(H,41,42)(H,43,44)(H2,27,30,31)(H2,38,39,40)/b6-5+/t16-,19-,20-,21+,25-/m1/s1. The molecule has 300 valence electrons. The Morgan fingerprint density at radius 2 is 1.79 bits per heavy atom. The molecule has 27 heteroatoms. The zero-order chi connectivity index (χ0) is 39.6. The number of fused-ring (bicyclic) bond motifs is 1. The molecular formula is C26H44N7O16P3S. The number of aliphatic hydroxyl groups is 2. The third-order valence-electron chi connectivity index (χ3n) is 7.26. The van der Waals surface area contributed by atoms with Crippen LogP contribution in [0.2, 0.25) is 0 Å². The number of nitrogen functional groups attached to an aromatic ring is 1. The second kappa shape index (κ2) is 19.5. The van der Waals surface area contributed by atoms with Crippen LogP contribution in [0.4, 0.5) is 5.82 Å². The molecule has 2 unspecified atom stereocenters. The molecule has 1 aliphatic rings. The summed E-state index contributed by atoms with van der Waals surface area (Å²) in [5.74, 6) is 0.228. The number of phosphoric ester groups is 3. The number of carbonyl (C=O) groups excluding carboxylic acids is 2. The molecule has 7 atom stereocenters. The number of imidazole rings is 1. The summed E-state index contributed by atoms with van der Waals surface area (Å²) < 4.78 is 62.0. The van der Waals surface area contributed by atoms with E-state index in [1.54, 1.807) is 11.8 Å². The van der Waals surface area contributed by atoms with Crippen LogP contribution in [0.1, 0.15) is 39.8 Å². The number of nitrogens with zero attached hydrogens (tertiary/aromatic N) is 4. The van der Waals surface area contributed by atoms with Crippen LogP contribution in [0.3, 0.4) is 0 Å². The van der Waals surface area contributed by atoms with Crippen molar-refractivity contribution in [2.45, 2.75) is 64.3 Å². The maximum atomic E-state index is 12.6. The molecule has 0 aliphatic carbocycles. The fourth-order valence-corrected chi connectivity index (χ4v) is 8.10. The zero-order valence-corrected chi connectivity index (χ0v) is 32.2. The highest BCUT2D eigenvalue weighted by molar-refractivity contribution is 7.99. The Balaban J connectivity index is 1.51. The number of phosphoric acid groups is 3. The van der Waals surface area contributed by atoms with Crippen LogP contribution >= 0.6 is 35.2 Å². The summed E-state index contributed by atoms with van der Waals surface area (Å²) in [6.45, 7) is 2.91. The van der Waals surface area contributed by atoms with Crippen molar-refractivity contribution in [1.82, 2.24) is 30.2 Å². The number of aromatic nitrogens is 4. The van der Waals surface area contributed by atoms with Gasteiger partial charge in [-0.15, -0.1) is 0 Å². The van der Waals surface area contributed by atoms with Crippen molar-refractivity contribution < 1.29 is 75.7 Å². The summed E-state index contributed by atoms with van der Waals surface area (Å²) in [5.41, 5.74) is 4.31. The predicted molar refractivity (Wildman–Crippen MR) is 186 cm³/mol. The fourth-order valence-electron chi connectivity index (χ4n) is 4.59. The molecular weight excluding hydrogens is 791 g/mol. The monoisotopic (exact) mass is 835 g/mol. The van der Waals surface area contributed by atoms with E-state index in [2.05, 4.69) is 34.4 Å². The molecule has 0 saturated carbocycles. The Kier molecular flexibility index (Phi) is 16.5. The summed E-state index contributed by atoms with van der Waals surface area (Å²) in [6.07, 6.45) is -1.69. The minimum absolute atomic E-state index is 0.0349. The van der Waals surface area contributed by atoms with Gasteiger partial charge in [-0.2, -0.15) is 16.1 Å². The van der Waals surface area contributed by atoms with E-state index in [0.29, 0.717) is 12.3 Å². The van der Waals surface area contributed by atoms with Gasteiger partial charge in [0.1, 0.15) is 36.3 Å². The summed E-state index contributed by atoms with van der Waals surface area (Å²) in [4.78, 5) is 75.4. The number of hydrogen-bond acceptors (Lipinski definition) is 17. The maximum absolute atomic E-state index is 12.6. The zero-order valence-electron chi connectivity index (χ0n) is 28.7. The Labute approximate surface area is 307 Å². The second-order valence-corrected chi connectivity index (χ2v) is 17.4. The Hall–Kier alpha value is -2.37. The van der Waals surface area contributed by atoms with Gasteiger partial charge in [0.2, 0.25) is 11.8 Å². The Morgan fingerprint density at radius 1 is 1.09 bits per heavy atom. The van der Waals surface area contributed by atoms with Crippen LogP contribution < -0.4 is 16.4 Å². The van der Waals surface area contributed by atoms with Crippen LogP contribution in [0, 0.1) is 5.41 Å². The van der Waals surface area contributed by atoms with Crippen LogP contribution in [0.5, 0.6) is 0 Å². The number of hydrogen-bond donors (Lipinski definition) is 9. The lowest BCUT2D eigenvalue weighted by Gasteiger charge is -2.30. The number of thioether (sulfide) groups is 1. The maximum Gasteiger partial charge on any atom is 0.481 e. The van der Waals surface area contributed by atoms with Gasteiger partial charge in [-0.1, -0.05) is 32.9 Å². The Bertz CT molecular complexity index is 1730. The first-order chi connectivity index (χ1) is 24.7. The molecule has 10 N–H and O–H groups in total. The van der Waals surface area contributed by atoms with Gasteiger partial charge >= 0.3 is 23.5 Å². The van der Waals surface area contributed by atoms with Gasteiger partial charge in [0.05, 0.1) is 19.5 Å². The lowest BCUT2D eigenvalue weighted by Crippen LogP contribution is -2.46. The Morgan fingerprint density at radius 3 is 2.47 bits per heavy atom. The number of nitrogens with one attached hydrogen (secondary N) is 2. The van der Waals surface area contributed by atoms with Gasteiger partial charge in [-0.3, -0.25) is 27.7 Å². The normalized spacial score (nSPS) is 22.4. The highest BCUT2D eigenvalue weighted by atomic mass is 32.2. The van der Waals surface area contributed by atoms with Gasteiger partial charge in [0.15, 0.2) is 17.7 Å². The summed E-state index contributed by atoms with van der Waals surface area (Å²) in [7, 11) is -16.3. The van der Waals surface area contributed by atoms with Crippen LogP contribution in [-0.4, -0.2) is 123 Å². The van der Waals surface area contributed by atoms with E-state index < -0.39 is 78.6 Å². The van der Waals surface area contributed by atoms with Gasteiger partial charge in [0.25, 0.3) is 0 Å². The molecule has 53 heavy (non-hydrogen) atoms. The number of rotatable bonds is 22. The average molecular weight is 836 g/mol. The number of ether oxygens (including phenoxy) is 1. The van der Waals surface area contributed by atoms with E-state index in [0.717, 1.165) is 29.4 Å². The molecule has 3 heterocycles. The molecule has 0 aromatic carbocycles. The average Bonchev–Trinajstić information content (AvgIpc) is 3.62. The minimum Gasteiger partial charge on any atom is -0.386 e. The first kappa shape index (κ1) is 45.0. The van der Waals surface area contributed by atoms with Crippen molar-refractivity contribution in [3.63, 3.8) is 0 Å². The van der Waals surface area contributed by atoms with Crippen molar-refractivity contribution in [1.29, 1.82) is 0 Å². The molecule has 0 radical (unpaired) electrons. The molecule has 2 amide bonds. The van der Waals surface area contributed by atoms with Crippen molar-refractivity contribution in [2.24, 2.45) is 5.41 Å². The molecule has 0 bridgehead atoms. The number of amides is 2. The number of carbonyl (C=O) groups is 2. The van der Waals surface area contributed by atoms with Crippen molar-refractivity contribution in [3.8, 4) is 0 Å². The molecule has 23 nitrogen and oxygen atoms in total. The first-order valence-corrected chi connectivity index (χ1v) is 21.5. The molecule has 2 aromatic rings. The van der Waals surface area contributed by atoms with Gasteiger partial charge in [0, 0.05) is 36.4 Å². The third kappa shape index (κ3) is 14.0. The van der Waals surface area contributed by atoms with Crippen LogP contribution in [0.25, 0.3) is 11.2 Å². The summed E-state index contributed by atoms with van der Waals surface area (Å²) in [5, 5.41) is 26.5. The van der Waals surface area contributed by atoms with Gasteiger partial charge in [-0.05, 0) is 6.42 Å². The lowest BCUT2D eigenvalue weighted by molar-refractivity contribution is -0.137. The largest absolute Gasteiger partial charge is 0.481 e. The molecule has 0 spiro atoms. The van der Waals surface area contributed by atoms with E-state index in [1.807, 2.05) is 19.1 Å². The topological polar surface area (TPSA) is 347 Å². The minimum atomic E-state index is -5.55. The molecule has 1 aliphatic heterocycles. The number of nitrogens with two attached hydrogens (primary N) is 1. The highest BCUT2D eigenvalue weighted by Gasteiger charge is 2.50. The van der Waals surface area contributed by atoms with Crippen LogP contribution in [0.15, 0.2) is 24.8 Å². The van der Waals surface area contributed by atoms with Crippen LogP contribution in [-0.2, 0) is 45.9 Å². The van der Waals surface area contributed by atoms with E-state index in [-0.39, 0.29) is 35.9 Å². The first-order valence-electron chi connectivity index (χ1n) is 15.8.